The van der Waals surface area contributed by atoms with Crippen molar-refractivity contribution < 1.29 is 4.40 Å². The van der Waals surface area contributed by atoms with Crippen molar-refractivity contribution in [2.24, 2.45) is 0 Å². The molecule has 0 aliphatic carbocycles. The molecule has 0 radical (unpaired) electrons. The molecular formula is C21H18ClN4+. The van der Waals surface area contributed by atoms with Crippen molar-refractivity contribution in [2.45, 2.75) is 20.3 Å². The lowest BCUT2D eigenvalue weighted by Crippen LogP contribution is -2.28. The van der Waals surface area contributed by atoms with Gasteiger partial charge >= 0.3 is 0 Å². The number of nitrogens with zero attached hydrogens (tertiary/aromatic N) is 2. The summed E-state index contributed by atoms with van der Waals surface area (Å²) in [7, 11) is 0. The van der Waals surface area contributed by atoms with Crippen LogP contribution in [0.1, 0.15) is 23.6 Å². The average Bonchev–Trinajstić information content (AvgIpc) is 3.01. The number of imidazole rings is 1. The SMILES string of the molecule is CCc1c(C)c(C#N)c2[nH]c3ccccc3[n+]2c1Nc1cccc(Cl)c1. The smallest absolute Gasteiger partial charge is 0.250 e. The van der Waals surface area contributed by atoms with Crippen molar-refractivity contribution in [1.29, 1.82) is 5.26 Å². The molecule has 2 heterocycles. The van der Waals surface area contributed by atoms with Crippen LogP contribution >= 0.6 is 11.6 Å². The van der Waals surface area contributed by atoms with Gasteiger partial charge in [0.1, 0.15) is 22.7 Å². The minimum absolute atomic E-state index is 0.676. The topological polar surface area (TPSA) is 55.7 Å². The minimum Gasteiger partial charge on any atom is -0.273 e. The molecule has 0 amide bonds. The van der Waals surface area contributed by atoms with Gasteiger partial charge in [-0.2, -0.15) is 9.66 Å². The van der Waals surface area contributed by atoms with E-state index in [0.29, 0.717) is 10.6 Å². The van der Waals surface area contributed by atoms with Gasteiger partial charge in [0.05, 0.1) is 5.69 Å². The van der Waals surface area contributed by atoms with Gasteiger partial charge in [0.2, 0.25) is 11.5 Å². The fourth-order valence-corrected chi connectivity index (χ4v) is 3.72. The quantitative estimate of drug-likeness (QED) is 0.502. The molecule has 0 unspecified atom stereocenters. The van der Waals surface area contributed by atoms with Gasteiger partial charge in [-0.1, -0.05) is 36.7 Å². The molecule has 2 aromatic heterocycles. The van der Waals surface area contributed by atoms with Crippen molar-refractivity contribution in [3.05, 3.63) is 70.2 Å². The van der Waals surface area contributed by atoms with Crippen molar-refractivity contribution in [3.63, 3.8) is 0 Å². The Morgan fingerprint density at radius 1 is 1.19 bits per heavy atom. The Labute approximate surface area is 156 Å². The number of rotatable bonds is 3. The first-order valence-electron chi connectivity index (χ1n) is 8.54. The van der Waals surface area contributed by atoms with Crippen LogP contribution in [0.2, 0.25) is 5.02 Å². The number of fused-ring (bicyclic) bond motifs is 3. The molecule has 4 rings (SSSR count). The Morgan fingerprint density at radius 2 is 2.00 bits per heavy atom. The minimum atomic E-state index is 0.676. The molecule has 0 spiro atoms. The molecule has 5 heteroatoms. The molecule has 4 aromatic rings. The molecule has 26 heavy (non-hydrogen) atoms. The second kappa shape index (κ2) is 6.36. The number of aromatic amines is 1. The lowest BCUT2D eigenvalue weighted by molar-refractivity contribution is -0.465. The number of nitrogens with one attached hydrogen (secondary N) is 2. The number of benzene rings is 2. The summed E-state index contributed by atoms with van der Waals surface area (Å²) in [5.74, 6) is 0.957. The molecular weight excluding hydrogens is 344 g/mol. The first-order valence-corrected chi connectivity index (χ1v) is 8.92. The van der Waals surface area contributed by atoms with Crippen LogP contribution in [0, 0.1) is 18.3 Å². The molecule has 2 N–H and O–H groups in total. The Hall–Kier alpha value is -3.03. The van der Waals surface area contributed by atoms with E-state index in [2.05, 4.69) is 33.8 Å². The molecule has 0 saturated carbocycles. The molecule has 0 fully saturated rings. The Kier molecular flexibility index (Phi) is 4.02. The molecule has 0 aliphatic rings. The number of H-pyrrole nitrogens is 1. The van der Waals surface area contributed by atoms with E-state index in [1.165, 1.54) is 0 Å². The van der Waals surface area contributed by atoms with E-state index in [1.54, 1.807) is 0 Å². The van der Waals surface area contributed by atoms with Crippen molar-refractivity contribution >= 4 is 39.8 Å². The lowest BCUT2D eigenvalue weighted by Gasteiger charge is -2.12. The predicted molar refractivity (Wildman–Crippen MR) is 105 cm³/mol. The second-order valence-electron chi connectivity index (χ2n) is 6.25. The highest BCUT2D eigenvalue weighted by Gasteiger charge is 2.25. The summed E-state index contributed by atoms with van der Waals surface area (Å²) < 4.78 is 2.10. The van der Waals surface area contributed by atoms with Crippen molar-refractivity contribution in [2.75, 3.05) is 5.32 Å². The zero-order valence-electron chi connectivity index (χ0n) is 14.6. The predicted octanol–water partition coefficient (Wildman–Crippen LogP) is 5.05. The van der Waals surface area contributed by atoms with Crippen LogP contribution in [-0.2, 0) is 6.42 Å². The summed E-state index contributed by atoms with van der Waals surface area (Å²) in [6.45, 7) is 4.11. The van der Waals surface area contributed by atoms with E-state index in [4.69, 9.17) is 11.6 Å². The number of aromatic nitrogens is 2. The summed E-state index contributed by atoms with van der Waals surface area (Å²) >= 11 is 6.16. The molecule has 0 atom stereocenters. The van der Waals surface area contributed by atoms with E-state index in [1.807, 2.05) is 49.4 Å². The number of nitriles is 1. The molecule has 4 nitrogen and oxygen atoms in total. The third-order valence-corrected chi connectivity index (χ3v) is 4.98. The zero-order valence-corrected chi connectivity index (χ0v) is 15.4. The van der Waals surface area contributed by atoms with Crippen LogP contribution in [0.25, 0.3) is 16.7 Å². The van der Waals surface area contributed by atoms with Crippen LogP contribution in [0.5, 0.6) is 0 Å². The van der Waals surface area contributed by atoms with Gasteiger partial charge in [0.15, 0.2) is 0 Å². The lowest BCUT2D eigenvalue weighted by atomic mass is 10.0. The fourth-order valence-electron chi connectivity index (χ4n) is 3.53. The number of hydrogen-bond donors (Lipinski definition) is 2. The summed E-state index contributed by atoms with van der Waals surface area (Å²) in [5.41, 5.74) is 6.51. The van der Waals surface area contributed by atoms with E-state index in [9.17, 15) is 5.26 Å². The summed E-state index contributed by atoms with van der Waals surface area (Å²) in [4.78, 5) is 3.40. The summed E-state index contributed by atoms with van der Waals surface area (Å²) in [6.07, 6.45) is 0.811. The number of para-hydroxylation sites is 2. The highest BCUT2D eigenvalue weighted by atomic mass is 35.5. The van der Waals surface area contributed by atoms with E-state index >= 15 is 0 Å². The highest BCUT2D eigenvalue weighted by Crippen LogP contribution is 2.28. The first-order chi connectivity index (χ1) is 12.6. The molecule has 128 valence electrons. The van der Waals surface area contributed by atoms with Gasteiger partial charge in [-0.15, -0.1) is 0 Å². The maximum Gasteiger partial charge on any atom is 0.250 e. The van der Waals surface area contributed by atoms with Gasteiger partial charge < -0.3 is 0 Å². The number of halogens is 1. The molecule has 0 saturated heterocycles. The number of hydrogen-bond acceptors (Lipinski definition) is 2. The normalized spacial score (nSPS) is 11.0. The van der Waals surface area contributed by atoms with Crippen molar-refractivity contribution in [3.8, 4) is 6.07 Å². The van der Waals surface area contributed by atoms with Crippen LogP contribution in [0.4, 0.5) is 11.5 Å². The Balaban J connectivity index is 2.11. The first kappa shape index (κ1) is 16.4. The van der Waals surface area contributed by atoms with E-state index < -0.39 is 0 Å². The van der Waals surface area contributed by atoms with Crippen LogP contribution < -0.4 is 9.72 Å². The summed E-state index contributed by atoms with van der Waals surface area (Å²) in [6, 6.07) is 18.1. The zero-order chi connectivity index (χ0) is 18.3. The van der Waals surface area contributed by atoms with Crippen LogP contribution in [-0.4, -0.2) is 4.98 Å². The van der Waals surface area contributed by atoms with Gasteiger partial charge in [0, 0.05) is 10.6 Å². The number of anilines is 2. The molecule has 2 aromatic carbocycles. The number of pyridine rings is 1. The molecule has 0 bridgehead atoms. The van der Waals surface area contributed by atoms with Crippen LogP contribution in [0.3, 0.4) is 0 Å². The fraction of sp³-hybridized carbons (Fsp3) is 0.143. The monoisotopic (exact) mass is 361 g/mol. The van der Waals surface area contributed by atoms with Gasteiger partial charge in [0.25, 0.3) is 0 Å². The van der Waals surface area contributed by atoms with Gasteiger partial charge in [-0.25, -0.2) is 0 Å². The Bertz CT molecular complexity index is 1180. The van der Waals surface area contributed by atoms with E-state index in [0.717, 1.165) is 45.7 Å². The second-order valence-corrected chi connectivity index (χ2v) is 6.69. The van der Waals surface area contributed by atoms with E-state index in [-0.39, 0.29) is 0 Å². The van der Waals surface area contributed by atoms with Gasteiger partial charge in [-0.3, -0.25) is 10.3 Å². The Morgan fingerprint density at radius 3 is 2.73 bits per heavy atom. The third-order valence-electron chi connectivity index (χ3n) is 4.75. The summed E-state index contributed by atoms with van der Waals surface area (Å²) in [5, 5.41) is 14.0. The molecule has 0 aliphatic heterocycles. The third kappa shape index (κ3) is 2.49. The highest BCUT2D eigenvalue weighted by molar-refractivity contribution is 6.30. The maximum atomic E-state index is 9.76. The largest absolute Gasteiger partial charge is 0.273 e. The maximum absolute atomic E-state index is 9.76. The standard InChI is InChI=1S/C21H17ClN4/c1-3-16-13(2)17(12-23)21-25-18-9-4-5-10-19(18)26(21)20(16)24-15-8-6-7-14(22)11-15/h4-11H,3H2,1-2H3,(H,24,25)/p+1. The average molecular weight is 362 g/mol. The van der Waals surface area contributed by atoms with Crippen LogP contribution in [0.15, 0.2) is 48.5 Å². The van der Waals surface area contributed by atoms with Crippen molar-refractivity contribution in [1.82, 2.24) is 4.98 Å². The van der Waals surface area contributed by atoms with Gasteiger partial charge in [-0.05, 0) is 49.2 Å².